The fourth-order valence-corrected chi connectivity index (χ4v) is 2.36. The monoisotopic (exact) mass is 344 g/mol. The van der Waals surface area contributed by atoms with Crippen LogP contribution in [0.25, 0.3) is 0 Å². The number of rotatable bonds is 7. The van der Waals surface area contributed by atoms with Gasteiger partial charge in [0.15, 0.2) is 0 Å². The van der Waals surface area contributed by atoms with E-state index in [2.05, 4.69) is 15.0 Å². The first-order chi connectivity index (χ1) is 10.8. The Morgan fingerprint density at radius 1 is 1.17 bits per heavy atom. The minimum atomic E-state index is -3.72. The molecule has 0 aliphatic heterocycles. The summed E-state index contributed by atoms with van der Waals surface area (Å²) >= 11 is 0. The first-order valence-electron chi connectivity index (χ1n) is 6.67. The number of aromatic nitrogens is 1. The molecular formula is C14H16F2N3O3S+. The van der Waals surface area contributed by atoms with E-state index in [1.165, 1.54) is 24.4 Å². The van der Waals surface area contributed by atoms with Crippen LogP contribution in [0.1, 0.15) is 5.56 Å². The number of primary sulfonamides is 1. The number of ether oxygens (including phenoxy) is 1. The second kappa shape index (κ2) is 7.34. The molecule has 9 heteroatoms. The molecule has 0 aliphatic carbocycles. The maximum Gasteiger partial charge on any atom is 0.387 e. The van der Waals surface area contributed by atoms with Crippen molar-refractivity contribution in [1.29, 1.82) is 0 Å². The average molecular weight is 344 g/mol. The third kappa shape index (κ3) is 5.46. The van der Waals surface area contributed by atoms with Crippen LogP contribution in [0.15, 0.2) is 47.5 Å². The Balaban J connectivity index is 1.85. The molecular weight excluding hydrogens is 328 g/mol. The maximum atomic E-state index is 12.0. The Morgan fingerprint density at radius 2 is 1.87 bits per heavy atom. The molecule has 0 radical (unpaired) electrons. The van der Waals surface area contributed by atoms with E-state index >= 15 is 0 Å². The van der Waals surface area contributed by atoms with Crippen LogP contribution in [0.5, 0.6) is 5.75 Å². The third-order valence-electron chi connectivity index (χ3n) is 2.99. The van der Waals surface area contributed by atoms with Crippen molar-refractivity contribution < 1.29 is 26.9 Å². The molecule has 1 aromatic heterocycles. The quantitative estimate of drug-likeness (QED) is 0.794. The van der Waals surface area contributed by atoms with Gasteiger partial charge in [0.2, 0.25) is 10.0 Å². The molecule has 0 atom stereocenters. The first kappa shape index (κ1) is 17.1. The molecule has 0 saturated carbocycles. The number of nitrogens with two attached hydrogens (primary N) is 1. The summed E-state index contributed by atoms with van der Waals surface area (Å²) in [6.45, 7) is -2.27. The minimum Gasteiger partial charge on any atom is -0.435 e. The molecule has 0 fully saturated rings. The number of aromatic amines is 1. The van der Waals surface area contributed by atoms with E-state index in [1.54, 1.807) is 18.2 Å². The predicted octanol–water partition coefficient (Wildman–Crippen LogP) is 1.40. The number of hydrogen-bond donors (Lipinski definition) is 2. The van der Waals surface area contributed by atoms with E-state index in [-0.39, 0.29) is 10.6 Å². The molecule has 2 rings (SSSR count). The molecule has 0 bridgehead atoms. The van der Waals surface area contributed by atoms with Gasteiger partial charge in [0, 0.05) is 12.5 Å². The molecule has 2 aromatic rings. The Kier molecular flexibility index (Phi) is 5.45. The molecule has 6 nitrogen and oxygen atoms in total. The first-order valence-corrected chi connectivity index (χ1v) is 8.21. The highest BCUT2D eigenvalue weighted by molar-refractivity contribution is 7.89. The number of alkyl halides is 2. The number of nitrogens with one attached hydrogen (secondary N) is 2. The number of pyridine rings is 1. The van der Waals surface area contributed by atoms with Crippen LogP contribution in [0.4, 0.5) is 14.6 Å². The summed E-state index contributed by atoms with van der Waals surface area (Å²) in [5.41, 5.74) is 0.945. The Morgan fingerprint density at radius 3 is 2.39 bits per heavy atom. The zero-order valence-electron chi connectivity index (χ0n) is 12.0. The van der Waals surface area contributed by atoms with Gasteiger partial charge in [0.25, 0.3) is 5.82 Å². The van der Waals surface area contributed by atoms with Gasteiger partial charge in [0.05, 0.1) is 6.54 Å². The van der Waals surface area contributed by atoms with Gasteiger partial charge >= 0.3 is 6.61 Å². The lowest BCUT2D eigenvalue weighted by atomic mass is 10.1. The van der Waals surface area contributed by atoms with E-state index in [1.807, 2.05) is 0 Å². The van der Waals surface area contributed by atoms with Gasteiger partial charge in [-0.05, 0) is 23.8 Å². The highest BCUT2D eigenvalue weighted by Crippen LogP contribution is 2.15. The number of hydrogen-bond acceptors (Lipinski definition) is 4. The van der Waals surface area contributed by atoms with Gasteiger partial charge in [-0.1, -0.05) is 12.1 Å². The SMILES string of the molecule is NS(=O)(=O)c1ccc(NCCc2ccc(OC(F)F)cc2)[nH+]c1. The van der Waals surface area contributed by atoms with Crippen molar-refractivity contribution in [2.24, 2.45) is 5.14 Å². The van der Waals surface area contributed by atoms with Crippen molar-refractivity contribution in [3.05, 3.63) is 48.2 Å². The van der Waals surface area contributed by atoms with Crippen molar-refractivity contribution >= 4 is 15.8 Å². The van der Waals surface area contributed by atoms with Crippen LogP contribution in [-0.4, -0.2) is 21.6 Å². The number of H-pyrrole nitrogens is 1. The second-order valence-electron chi connectivity index (χ2n) is 4.68. The van der Waals surface area contributed by atoms with Crippen molar-refractivity contribution in [1.82, 2.24) is 0 Å². The minimum absolute atomic E-state index is 0.00216. The molecule has 23 heavy (non-hydrogen) atoms. The largest absolute Gasteiger partial charge is 0.435 e. The molecule has 0 saturated heterocycles. The third-order valence-corrected chi connectivity index (χ3v) is 3.90. The van der Waals surface area contributed by atoms with Crippen molar-refractivity contribution in [3.8, 4) is 5.75 Å². The summed E-state index contributed by atoms with van der Waals surface area (Å²) in [7, 11) is -3.72. The standard InChI is InChI=1S/C14H15F2N3O3S/c15-14(16)22-11-3-1-10(2-4-11)7-8-18-13-6-5-12(9-19-13)23(17,20)21/h1-6,9,14H,7-8H2,(H,18,19)(H2,17,20,21)/p+1. The molecule has 1 aromatic carbocycles. The zero-order valence-corrected chi connectivity index (χ0v) is 12.8. The highest BCUT2D eigenvalue weighted by atomic mass is 32.2. The van der Waals surface area contributed by atoms with Crippen LogP contribution in [0, 0.1) is 0 Å². The summed E-state index contributed by atoms with van der Waals surface area (Å²) in [5, 5.41) is 8.08. The van der Waals surface area contributed by atoms with Crippen LogP contribution >= 0.6 is 0 Å². The summed E-state index contributed by atoms with van der Waals surface area (Å²) in [6, 6.07) is 9.33. The highest BCUT2D eigenvalue weighted by Gasteiger charge is 2.10. The lowest BCUT2D eigenvalue weighted by molar-refractivity contribution is -0.364. The van der Waals surface area contributed by atoms with E-state index < -0.39 is 16.6 Å². The van der Waals surface area contributed by atoms with Crippen molar-refractivity contribution in [2.75, 3.05) is 11.9 Å². The Hall–Kier alpha value is -2.26. The smallest absolute Gasteiger partial charge is 0.387 e. The lowest BCUT2D eigenvalue weighted by Gasteiger charge is -2.05. The van der Waals surface area contributed by atoms with Crippen LogP contribution in [0.2, 0.25) is 0 Å². The average Bonchev–Trinajstić information content (AvgIpc) is 2.48. The zero-order chi connectivity index (χ0) is 16.9. The topological polar surface area (TPSA) is 95.6 Å². The molecule has 0 spiro atoms. The van der Waals surface area contributed by atoms with Gasteiger partial charge in [0.1, 0.15) is 16.8 Å². The summed E-state index contributed by atoms with van der Waals surface area (Å²) in [5.74, 6) is 0.749. The van der Waals surface area contributed by atoms with Gasteiger partial charge < -0.3 is 4.74 Å². The molecule has 124 valence electrons. The summed E-state index contributed by atoms with van der Waals surface area (Å²) in [4.78, 5) is 2.78. The van der Waals surface area contributed by atoms with E-state index in [0.29, 0.717) is 18.8 Å². The van der Waals surface area contributed by atoms with Crippen LogP contribution < -0.4 is 20.2 Å². The molecule has 0 aliphatic rings. The normalized spacial score (nSPS) is 11.5. The fraction of sp³-hybridized carbons (Fsp3) is 0.214. The van der Waals surface area contributed by atoms with Gasteiger partial charge in [-0.25, -0.2) is 18.5 Å². The van der Waals surface area contributed by atoms with E-state index in [0.717, 1.165) is 5.56 Å². The molecule has 0 unspecified atom stereocenters. The number of sulfonamides is 1. The summed E-state index contributed by atoms with van der Waals surface area (Å²) < 4.78 is 50.6. The van der Waals surface area contributed by atoms with Crippen LogP contribution in [0.3, 0.4) is 0 Å². The lowest BCUT2D eigenvalue weighted by Crippen LogP contribution is -2.19. The van der Waals surface area contributed by atoms with Gasteiger partial charge in [-0.15, -0.1) is 0 Å². The van der Waals surface area contributed by atoms with Crippen LogP contribution in [-0.2, 0) is 16.4 Å². The molecule has 4 N–H and O–H groups in total. The van der Waals surface area contributed by atoms with Crippen molar-refractivity contribution in [2.45, 2.75) is 17.9 Å². The second-order valence-corrected chi connectivity index (χ2v) is 6.24. The van der Waals surface area contributed by atoms with Gasteiger partial charge in [-0.3, -0.25) is 5.32 Å². The predicted molar refractivity (Wildman–Crippen MR) is 79.6 cm³/mol. The Labute approximate surface area is 132 Å². The molecule has 1 heterocycles. The molecule has 0 amide bonds. The van der Waals surface area contributed by atoms with Gasteiger partial charge in [-0.2, -0.15) is 8.78 Å². The van der Waals surface area contributed by atoms with E-state index in [9.17, 15) is 17.2 Å². The number of anilines is 1. The summed E-state index contributed by atoms with van der Waals surface area (Å²) in [6.07, 6.45) is 1.95. The maximum absolute atomic E-state index is 12.0. The fourth-order valence-electron chi connectivity index (χ4n) is 1.88. The number of halogens is 2. The van der Waals surface area contributed by atoms with E-state index in [4.69, 9.17) is 5.14 Å². The van der Waals surface area contributed by atoms with Crippen molar-refractivity contribution in [3.63, 3.8) is 0 Å². The Bertz CT molecular complexity index is 735. The number of benzene rings is 1.